The number of likely N-dealkylation sites (tertiary alicyclic amines) is 1. The molecule has 0 aliphatic carbocycles. The molecule has 3 heterocycles. The van der Waals surface area contributed by atoms with Crippen LogP contribution in [0, 0.1) is 5.92 Å². The highest BCUT2D eigenvalue weighted by molar-refractivity contribution is 5.83. The van der Waals surface area contributed by atoms with Gasteiger partial charge in [0.1, 0.15) is 0 Å². The van der Waals surface area contributed by atoms with Crippen molar-refractivity contribution in [3.8, 4) is 12.0 Å². The van der Waals surface area contributed by atoms with Gasteiger partial charge in [-0.15, -0.1) is 0 Å². The second-order valence-electron chi connectivity index (χ2n) is 7.37. The van der Waals surface area contributed by atoms with Gasteiger partial charge in [-0.25, -0.2) is 0 Å². The number of nitrogen functional groups attached to an aromatic ring is 1. The molecule has 8 heteroatoms. The van der Waals surface area contributed by atoms with Crippen LogP contribution >= 0.6 is 0 Å². The molecule has 2 aromatic heterocycles. The van der Waals surface area contributed by atoms with Gasteiger partial charge in [0.15, 0.2) is 17.0 Å². The normalized spacial score (nSPS) is 17.3. The van der Waals surface area contributed by atoms with Crippen LogP contribution in [0.3, 0.4) is 0 Å². The standard InChI is InChI=1S/C19H32N6O2/c1-5-7-13(3)27-18-22-16(20)15-17(23-18)25(19(21-15)26-4)12-14-8-10-24(6-2)11-9-14/h13-14H,5-12H2,1-4H3,(H2,20,22,23)/t13-/m0/s1. The average Bonchev–Trinajstić information content (AvgIpc) is 3.01. The Morgan fingerprint density at radius 1 is 1.19 bits per heavy atom. The van der Waals surface area contributed by atoms with E-state index in [0.29, 0.717) is 34.9 Å². The van der Waals surface area contributed by atoms with E-state index >= 15 is 0 Å². The van der Waals surface area contributed by atoms with E-state index in [9.17, 15) is 0 Å². The van der Waals surface area contributed by atoms with Crippen LogP contribution in [0.2, 0.25) is 0 Å². The SMILES string of the molecule is CCC[C@H](C)Oc1nc(N)c2nc(OC)n(CC3CCN(CC)CC3)c2n1. The zero-order valence-corrected chi connectivity index (χ0v) is 16.9. The smallest absolute Gasteiger partial charge is 0.320 e. The number of imidazole rings is 1. The Labute approximate surface area is 161 Å². The zero-order valence-electron chi connectivity index (χ0n) is 16.9. The monoisotopic (exact) mass is 376 g/mol. The molecule has 1 aliphatic rings. The van der Waals surface area contributed by atoms with E-state index in [4.69, 9.17) is 15.2 Å². The van der Waals surface area contributed by atoms with Crippen molar-refractivity contribution in [2.75, 3.05) is 32.5 Å². The Morgan fingerprint density at radius 2 is 1.93 bits per heavy atom. The summed E-state index contributed by atoms with van der Waals surface area (Å²) in [4.78, 5) is 15.9. The number of nitrogens with zero attached hydrogens (tertiary/aromatic N) is 5. The summed E-state index contributed by atoms with van der Waals surface area (Å²) in [5.74, 6) is 0.898. The van der Waals surface area contributed by atoms with Crippen LogP contribution < -0.4 is 15.2 Å². The molecule has 0 spiro atoms. The van der Waals surface area contributed by atoms with Gasteiger partial charge in [0.05, 0.1) is 13.2 Å². The summed E-state index contributed by atoms with van der Waals surface area (Å²) in [7, 11) is 1.63. The van der Waals surface area contributed by atoms with Crippen LogP contribution in [0.25, 0.3) is 11.2 Å². The number of hydrogen-bond donors (Lipinski definition) is 1. The Kier molecular flexibility index (Phi) is 6.36. The topological polar surface area (TPSA) is 91.3 Å². The molecule has 150 valence electrons. The Bertz CT molecular complexity index is 754. The van der Waals surface area contributed by atoms with Crippen molar-refractivity contribution in [2.24, 2.45) is 5.92 Å². The number of anilines is 1. The zero-order chi connectivity index (χ0) is 19.4. The molecule has 1 aliphatic heterocycles. The lowest BCUT2D eigenvalue weighted by molar-refractivity contribution is 0.178. The maximum atomic E-state index is 6.14. The fourth-order valence-electron chi connectivity index (χ4n) is 3.74. The second kappa shape index (κ2) is 8.73. The number of piperidine rings is 1. The van der Waals surface area contributed by atoms with E-state index in [0.717, 1.165) is 51.9 Å². The third kappa shape index (κ3) is 4.43. The summed E-state index contributed by atoms with van der Waals surface area (Å²) in [5.41, 5.74) is 7.41. The van der Waals surface area contributed by atoms with Gasteiger partial charge in [0, 0.05) is 6.54 Å². The Hall–Kier alpha value is -2.09. The molecule has 1 atom stereocenters. The van der Waals surface area contributed by atoms with Gasteiger partial charge < -0.3 is 20.1 Å². The molecular formula is C19H32N6O2. The van der Waals surface area contributed by atoms with E-state index in [1.165, 1.54) is 0 Å². The Balaban J connectivity index is 1.87. The van der Waals surface area contributed by atoms with E-state index < -0.39 is 0 Å². The van der Waals surface area contributed by atoms with Crippen molar-refractivity contribution in [1.29, 1.82) is 0 Å². The van der Waals surface area contributed by atoms with Crippen molar-refractivity contribution in [3.05, 3.63) is 0 Å². The number of nitrogens with two attached hydrogens (primary N) is 1. The molecular weight excluding hydrogens is 344 g/mol. The summed E-state index contributed by atoms with van der Waals surface area (Å²) < 4.78 is 13.4. The first kappa shape index (κ1) is 19.7. The van der Waals surface area contributed by atoms with Gasteiger partial charge in [-0.3, -0.25) is 4.57 Å². The number of aromatic nitrogens is 4. The molecule has 1 saturated heterocycles. The third-order valence-electron chi connectivity index (χ3n) is 5.35. The van der Waals surface area contributed by atoms with Crippen LogP contribution in [0.5, 0.6) is 12.0 Å². The lowest BCUT2D eigenvalue weighted by Gasteiger charge is -2.31. The fourth-order valence-corrected chi connectivity index (χ4v) is 3.74. The first-order chi connectivity index (χ1) is 13.0. The minimum Gasteiger partial charge on any atom is -0.468 e. The molecule has 1 fully saturated rings. The molecule has 3 rings (SSSR count). The summed E-state index contributed by atoms with van der Waals surface area (Å²) >= 11 is 0. The predicted molar refractivity (Wildman–Crippen MR) is 106 cm³/mol. The number of ether oxygens (including phenoxy) is 2. The predicted octanol–water partition coefficient (Wildman–Crippen LogP) is 2.72. The molecule has 0 saturated carbocycles. The van der Waals surface area contributed by atoms with Gasteiger partial charge >= 0.3 is 6.01 Å². The van der Waals surface area contributed by atoms with Gasteiger partial charge in [0.2, 0.25) is 0 Å². The molecule has 0 aromatic carbocycles. The van der Waals surface area contributed by atoms with Crippen molar-refractivity contribution >= 4 is 17.0 Å². The number of methoxy groups -OCH3 is 1. The van der Waals surface area contributed by atoms with Gasteiger partial charge in [0.25, 0.3) is 6.01 Å². The lowest BCUT2D eigenvalue weighted by Crippen LogP contribution is -2.34. The van der Waals surface area contributed by atoms with Gasteiger partial charge in [-0.1, -0.05) is 20.3 Å². The molecule has 0 unspecified atom stereocenters. The quantitative estimate of drug-likeness (QED) is 0.757. The fraction of sp³-hybridized carbons (Fsp3) is 0.737. The van der Waals surface area contributed by atoms with E-state index in [2.05, 4.69) is 33.7 Å². The van der Waals surface area contributed by atoms with Crippen LogP contribution in [0.4, 0.5) is 5.82 Å². The van der Waals surface area contributed by atoms with Crippen LogP contribution in [-0.2, 0) is 6.54 Å². The Morgan fingerprint density at radius 3 is 2.56 bits per heavy atom. The maximum absolute atomic E-state index is 6.14. The maximum Gasteiger partial charge on any atom is 0.320 e. The number of rotatable bonds is 8. The minimum atomic E-state index is 0.0449. The molecule has 0 bridgehead atoms. The van der Waals surface area contributed by atoms with Gasteiger partial charge in [-0.05, 0) is 51.7 Å². The van der Waals surface area contributed by atoms with Crippen LogP contribution in [0.1, 0.15) is 46.5 Å². The van der Waals surface area contributed by atoms with Crippen LogP contribution in [-0.4, -0.2) is 57.3 Å². The first-order valence-corrected chi connectivity index (χ1v) is 10.0. The van der Waals surface area contributed by atoms with Crippen molar-refractivity contribution in [3.63, 3.8) is 0 Å². The number of hydrogen-bond acceptors (Lipinski definition) is 7. The molecule has 2 aromatic rings. The van der Waals surface area contributed by atoms with E-state index in [1.54, 1.807) is 7.11 Å². The molecule has 2 N–H and O–H groups in total. The second-order valence-corrected chi connectivity index (χ2v) is 7.37. The third-order valence-corrected chi connectivity index (χ3v) is 5.35. The van der Waals surface area contributed by atoms with E-state index in [-0.39, 0.29) is 6.10 Å². The summed E-state index contributed by atoms with van der Waals surface area (Å²) in [6.45, 7) is 10.6. The van der Waals surface area contributed by atoms with E-state index in [1.807, 2.05) is 11.5 Å². The van der Waals surface area contributed by atoms with Gasteiger partial charge in [-0.2, -0.15) is 15.0 Å². The molecule has 27 heavy (non-hydrogen) atoms. The first-order valence-electron chi connectivity index (χ1n) is 10.0. The summed E-state index contributed by atoms with van der Waals surface area (Å²) in [5, 5.41) is 0. The van der Waals surface area contributed by atoms with Crippen LogP contribution in [0.15, 0.2) is 0 Å². The highest BCUT2D eigenvalue weighted by Crippen LogP contribution is 2.29. The van der Waals surface area contributed by atoms with Crippen molar-refractivity contribution in [1.82, 2.24) is 24.4 Å². The molecule has 0 amide bonds. The van der Waals surface area contributed by atoms with Crippen molar-refractivity contribution < 1.29 is 9.47 Å². The largest absolute Gasteiger partial charge is 0.468 e. The molecule has 8 nitrogen and oxygen atoms in total. The highest BCUT2D eigenvalue weighted by Gasteiger charge is 2.24. The highest BCUT2D eigenvalue weighted by atomic mass is 16.5. The lowest BCUT2D eigenvalue weighted by atomic mass is 9.97. The minimum absolute atomic E-state index is 0.0449. The number of fused-ring (bicyclic) bond motifs is 1. The summed E-state index contributed by atoms with van der Waals surface area (Å²) in [6, 6.07) is 0.841. The average molecular weight is 377 g/mol. The van der Waals surface area contributed by atoms with Crippen molar-refractivity contribution in [2.45, 2.75) is 59.1 Å². The summed E-state index contributed by atoms with van der Waals surface area (Å²) in [6.07, 6.45) is 4.35. The molecule has 0 radical (unpaired) electrons.